The molecule has 1 atom stereocenters. The van der Waals surface area contributed by atoms with E-state index in [0.29, 0.717) is 12.8 Å². The van der Waals surface area contributed by atoms with Crippen molar-refractivity contribution in [2.75, 3.05) is 33.0 Å². The fourth-order valence-electron chi connectivity index (χ4n) is 2.95. The molecule has 3 rings (SSSR count). The lowest BCUT2D eigenvalue weighted by molar-refractivity contribution is 0.169. The highest BCUT2D eigenvalue weighted by Gasteiger charge is 2.26. The smallest absolute Gasteiger partial charge is 0.231 e. The molecule has 1 aromatic carbocycles. The number of nitrogens with one attached hydrogen (secondary N) is 1. The third-order valence-electron chi connectivity index (χ3n) is 3.99. The minimum absolute atomic E-state index is 0. The Hall–Kier alpha value is -0.460. The van der Waals surface area contributed by atoms with Crippen LogP contribution in [0.3, 0.4) is 0 Å². The minimum atomic E-state index is 0. The number of halogens is 3. The van der Waals surface area contributed by atoms with Crippen LogP contribution in [0.2, 0.25) is 0 Å². The molecule has 2 aliphatic rings. The van der Waals surface area contributed by atoms with Crippen LogP contribution in [0.15, 0.2) is 28.8 Å². The molecule has 4 nitrogen and oxygen atoms in total. The van der Waals surface area contributed by atoms with Crippen LogP contribution < -0.4 is 14.8 Å². The number of rotatable bonds is 4. The van der Waals surface area contributed by atoms with E-state index < -0.39 is 0 Å². The van der Waals surface area contributed by atoms with E-state index in [1.54, 1.807) is 0 Å². The lowest BCUT2D eigenvalue weighted by Gasteiger charge is -2.36. The van der Waals surface area contributed by atoms with Gasteiger partial charge in [0.15, 0.2) is 11.5 Å². The molecule has 2 aliphatic heterocycles. The predicted octanol–water partition coefficient (Wildman–Crippen LogP) is 3.93. The molecule has 0 saturated carbocycles. The summed E-state index contributed by atoms with van der Waals surface area (Å²) in [4.78, 5) is 2.52. The molecule has 1 aromatic rings. The van der Waals surface area contributed by atoms with Gasteiger partial charge in [-0.2, -0.15) is 0 Å². The van der Waals surface area contributed by atoms with Crippen molar-refractivity contribution in [3.63, 3.8) is 0 Å². The summed E-state index contributed by atoms with van der Waals surface area (Å²) < 4.78 is 12.1. The molecule has 2 heterocycles. The molecule has 130 valence electrons. The molecule has 0 bridgehead atoms. The van der Waals surface area contributed by atoms with Crippen LogP contribution in [0.25, 0.3) is 0 Å². The third-order valence-corrected chi connectivity index (χ3v) is 4.67. The maximum atomic E-state index is 5.54. The van der Waals surface area contributed by atoms with Crippen molar-refractivity contribution in [3.8, 4) is 11.5 Å². The molecule has 1 N–H and O–H groups in total. The van der Waals surface area contributed by atoms with E-state index in [0.717, 1.165) is 48.6 Å². The topological polar surface area (TPSA) is 33.7 Å². The van der Waals surface area contributed by atoms with Crippen LogP contribution >= 0.6 is 40.7 Å². The summed E-state index contributed by atoms with van der Waals surface area (Å²) in [5.74, 6) is 1.66. The van der Waals surface area contributed by atoms with Crippen LogP contribution in [-0.2, 0) is 0 Å². The second-order valence-corrected chi connectivity index (χ2v) is 6.54. The maximum Gasteiger partial charge on any atom is 0.231 e. The van der Waals surface area contributed by atoms with Crippen molar-refractivity contribution in [1.29, 1.82) is 0 Å². The van der Waals surface area contributed by atoms with Crippen LogP contribution in [0.1, 0.15) is 24.9 Å². The monoisotopic (exact) mass is 424 g/mol. The zero-order valence-corrected chi connectivity index (χ0v) is 16.4. The quantitative estimate of drug-likeness (QED) is 0.741. The average molecular weight is 426 g/mol. The summed E-state index contributed by atoms with van der Waals surface area (Å²) in [6.07, 6.45) is 0.957. The largest absolute Gasteiger partial charge is 0.454 e. The number of fused-ring (bicyclic) bond motifs is 1. The fourth-order valence-corrected chi connectivity index (χ4v) is 3.53. The molecule has 23 heavy (non-hydrogen) atoms. The fraction of sp³-hybridized carbons (Fsp3) is 0.500. The summed E-state index contributed by atoms with van der Waals surface area (Å²) in [6, 6.07) is 4.46. The van der Waals surface area contributed by atoms with E-state index in [1.165, 1.54) is 11.1 Å². The van der Waals surface area contributed by atoms with Gasteiger partial charge < -0.3 is 14.8 Å². The van der Waals surface area contributed by atoms with E-state index in [2.05, 4.69) is 45.7 Å². The van der Waals surface area contributed by atoms with Gasteiger partial charge in [0.25, 0.3) is 0 Å². The van der Waals surface area contributed by atoms with Gasteiger partial charge in [-0.3, -0.25) is 4.90 Å². The number of benzene rings is 1. The van der Waals surface area contributed by atoms with Crippen LogP contribution in [0.5, 0.6) is 11.5 Å². The number of nitrogens with zero attached hydrogens (tertiary/aromatic N) is 1. The minimum Gasteiger partial charge on any atom is -0.454 e. The van der Waals surface area contributed by atoms with Gasteiger partial charge in [0.2, 0.25) is 6.79 Å². The van der Waals surface area contributed by atoms with Gasteiger partial charge in [-0.05, 0) is 31.0 Å². The summed E-state index contributed by atoms with van der Waals surface area (Å²) in [7, 11) is 0. The van der Waals surface area contributed by atoms with Gasteiger partial charge in [-0.25, -0.2) is 0 Å². The highest BCUT2D eigenvalue weighted by Crippen LogP contribution is 2.41. The normalized spacial score (nSPS) is 17.8. The summed E-state index contributed by atoms with van der Waals surface area (Å²) in [5.41, 5.74) is 2.45. The lowest BCUT2D eigenvalue weighted by atomic mass is 9.97. The van der Waals surface area contributed by atoms with Crippen LogP contribution in [0.4, 0.5) is 0 Å². The van der Waals surface area contributed by atoms with Crippen LogP contribution in [-0.4, -0.2) is 37.9 Å². The standard InChI is InChI=1S/C16H21BrN2O2.2ClH/c1-11(2)7-14(19-5-3-18-4-6-19)12-8-15-16(9-13(12)17)21-10-20-15;;/h8-9,14,18H,1,3-7,10H2,2H3;2*1H/t14-;;/m1../s1. The lowest BCUT2D eigenvalue weighted by Crippen LogP contribution is -2.45. The first-order chi connectivity index (χ1) is 10.1. The third kappa shape index (κ3) is 4.77. The van der Waals surface area contributed by atoms with Gasteiger partial charge >= 0.3 is 0 Å². The highest BCUT2D eigenvalue weighted by molar-refractivity contribution is 9.10. The first kappa shape index (κ1) is 20.6. The number of hydrogen-bond donors (Lipinski definition) is 1. The summed E-state index contributed by atoms with van der Waals surface area (Å²) in [6.45, 7) is 10.7. The Bertz CT molecular complexity index is 551. The Balaban J connectivity index is 0.00000132. The first-order valence-electron chi connectivity index (χ1n) is 7.33. The summed E-state index contributed by atoms with van der Waals surface area (Å²) >= 11 is 3.70. The van der Waals surface area contributed by atoms with Crippen molar-refractivity contribution in [3.05, 3.63) is 34.3 Å². The molecule has 0 amide bonds. The van der Waals surface area contributed by atoms with Gasteiger partial charge in [0.1, 0.15) is 0 Å². The Labute approximate surface area is 158 Å². The van der Waals surface area contributed by atoms with E-state index in [-0.39, 0.29) is 24.8 Å². The molecule has 0 radical (unpaired) electrons. The van der Waals surface area contributed by atoms with Gasteiger partial charge in [0, 0.05) is 36.7 Å². The molecule has 0 aromatic heterocycles. The average Bonchev–Trinajstić information content (AvgIpc) is 2.92. The van der Waals surface area contributed by atoms with Crippen molar-refractivity contribution in [2.45, 2.75) is 19.4 Å². The van der Waals surface area contributed by atoms with Gasteiger partial charge in [-0.15, -0.1) is 31.4 Å². The Morgan fingerprint density at radius 1 is 1.26 bits per heavy atom. The van der Waals surface area contributed by atoms with Gasteiger partial charge in [0.05, 0.1) is 0 Å². The van der Waals surface area contributed by atoms with E-state index in [1.807, 2.05) is 6.07 Å². The van der Waals surface area contributed by atoms with Crippen molar-refractivity contribution in [1.82, 2.24) is 10.2 Å². The molecule has 0 spiro atoms. The molecule has 7 heteroatoms. The second kappa shape index (κ2) is 9.14. The molecule has 0 unspecified atom stereocenters. The van der Waals surface area contributed by atoms with Crippen molar-refractivity contribution < 1.29 is 9.47 Å². The van der Waals surface area contributed by atoms with E-state index in [9.17, 15) is 0 Å². The Kier molecular flexibility index (Phi) is 8.18. The SMILES string of the molecule is C=C(C)C[C@H](c1cc2c(cc1Br)OCO2)N1CCNCC1.Cl.Cl. The number of piperazine rings is 1. The first-order valence-corrected chi connectivity index (χ1v) is 8.12. The molecular formula is C16H23BrCl2N2O2. The maximum absolute atomic E-state index is 5.54. The highest BCUT2D eigenvalue weighted by atomic mass is 79.9. The Morgan fingerprint density at radius 3 is 2.48 bits per heavy atom. The van der Waals surface area contributed by atoms with Gasteiger partial charge in [-0.1, -0.05) is 21.5 Å². The number of hydrogen-bond acceptors (Lipinski definition) is 4. The molecule has 1 saturated heterocycles. The van der Waals surface area contributed by atoms with Crippen LogP contribution in [0, 0.1) is 0 Å². The summed E-state index contributed by atoms with van der Waals surface area (Å²) in [5, 5.41) is 3.41. The molecule has 0 aliphatic carbocycles. The number of ether oxygens (including phenoxy) is 2. The second-order valence-electron chi connectivity index (χ2n) is 5.69. The van der Waals surface area contributed by atoms with E-state index in [4.69, 9.17) is 9.47 Å². The van der Waals surface area contributed by atoms with Crippen molar-refractivity contribution in [2.24, 2.45) is 0 Å². The Morgan fingerprint density at radius 2 is 1.87 bits per heavy atom. The van der Waals surface area contributed by atoms with Crippen molar-refractivity contribution >= 4 is 40.7 Å². The zero-order valence-electron chi connectivity index (χ0n) is 13.1. The molecular weight excluding hydrogens is 403 g/mol. The molecule has 1 fully saturated rings. The predicted molar refractivity (Wildman–Crippen MR) is 101 cm³/mol. The zero-order chi connectivity index (χ0) is 14.8. The van der Waals surface area contributed by atoms with E-state index >= 15 is 0 Å².